The highest BCUT2D eigenvalue weighted by molar-refractivity contribution is 5.97. The second-order valence-electron chi connectivity index (χ2n) is 7.47. The summed E-state index contributed by atoms with van der Waals surface area (Å²) in [5, 5.41) is 3.42. The lowest BCUT2D eigenvalue weighted by atomic mass is 10.1. The van der Waals surface area contributed by atoms with Gasteiger partial charge in [-0.15, -0.1) is 0 Å². The van der Waals surface area contributed by atoms with Crippen LogP contribution in [0.15, 0.2) is 53.3 Å². The summed E-state index contributed by atoms with van der Waals surface area (Å²) in [6, 6.07) is 15.1. The maximum Gasteiger partial charge on any atom is 0.263 e. The normalized spacial score (nSPS) is 13.8. The van der Waals surface area contributed by atoms with Crippen LogP contribution in [-0.4, -0.2) is 35.1 Å². The first kappa shape index (κ1) is 19.2. The molecule has 0 bridgehead atoms. The van der Waals surface area contributed by atoms with Gasteiger partial charge in [0.15, 0.2) is 0 Å². The molecule has 1 saturated heterocycles. The third-order valence-electron chi connectivity index (χ3n) is 5.31. The lowest BCUT2D eigenvalue weighted by molar-refractivity contribution is 0.0954. The van der Waals surface area contributed by atoms with Crippen molar-refractivity contribution >= 4 is 22.8 Å². The zero-order valence-corrected chi connectivity index (χ0v) is 16.7. The van der Waals surface area contributed by atoms with Crippen LogP contribution < -0.4 is 15.8 Å². The molecular formula is C23H26N4O2. The van der Waals surface area contributed by atoms with Crippen LogP contribution in [0.4, 0.5) is 5.95 Å². The van der Waals surface area contributed by atoms with Gasteiger partial charge in [-0.05, 0) is 43.0 Å². The van der Waals surface area contributed by atoms with Crippen molar-refractivity contribution in [2.45, 2.75) is 32.7 Å². The summed E-state index contributed by atoms with van der Waals surface area (Å²) in [5.74, 6) is 0.557. The Labute approximate surface area is 170 Å². The van der Waals surface area contributed by atoms with Gasteiger partial charge in [-0.3, -0.25) is 14.2 Å². The van der Waals surface area contributed by atoms with E-state index in [1.165, 1.54) is 0 Å². The van der Waals surface area contributed by atoms with Crippen molar-refractivity contribution in [2.75, 3.05) is 24.5 Å². The molecule has 1 aliphatic rings. The van der Waals surface area contributed by atoms with Gasteiger partial charge in [-0.2, -0.15) is 0 Å². The van der Waals surface area contributed by atoms with Crippen molar-refractivity contribution in [1.29, 1.82) is 0 Å². The second kappa shape index (κ2) is 8.47. The SMILES string of the molecule is CCCNC(=O)c1ccc2c(=O)n(Cc3ccccc3)c(N3CCCC3)nc2c1. The molecule has 4 rings (SSSR count). The van der Waals surface area contributed by atoms with Crippen molar-refractivity contribution in [1.82, 2.24) is 14.9 Å². The number of amides is 1. The number of benzene rings is 2. The smallest absolute Gasteiger partial charge is 0.263 e. The molecule has 0 unspecified atom stereocenters. The van der Waals surface area contributed by atoms with Gasteiger partial charge in [0.05, 0.1) is 17.4 Å². The van der Waals surface area contributed by atoms with E-state index in [1.54, 1.807) is 22.8 Å². The van der Waals surface area contributed by atoms with Gasteiger partial charge in [0.25, 0.3) is 11.5 Å². The first-order valence-corrected chi connectivity index (χ1v) is 10.3. The third-order valence-corrected chi connectivity index (χ3v) is 5.31. The maximum atomic E-state index is 13.4. The average Bonchev–Trinajstić information content (AvgIpc) is 3.29. The second-order valence-corrected chi connectivity index (χ2v) is 7.47. The van der Waals surface area contributed by atoms with E-state index >= 15 is 0 Å². The standard InChI is InChI=1S/C23H26N4O2/c1-2-12-24-21(28)18-10-11-19-20(15-18)25-23(26-13-6-7-14-26)27(22(19)29)16-17-8-4-3-5-9-17/h3-5,8-11,15H,2,6-7,12-14,16H2,1H3,(H,24,28). The summed E-state index contributed by atoms with van der Waals surface area (Å²) >= 11 is 0. The lowest BCUT2D eigenvalue weighted by Crippen LogP contribution is -2.32. The first-order valence-electron chi connectivity index (χ1n) is 10.3. The molecular weight excluding hydrogens is 364 g/mol. The number of nitrogens with one attached hydrogen (secondary N) is 1. The number of nitrogens with zero attached hydrogens (tertiary/aromatic N) is 3. The molecule has 0 spiro atoms. The van der Waals surface area contributed by atoms with E-state index in [1.807, 2.05) is 37.3 Å². The molecule has 6 nitrogen and oxygen atoms in total. The molecule has 3 aromatic rings. The van der Waals surface area contributed by atoms with E-state index in [-0.39, 0.29) is 11.5 Å². The fourth-order valence-corrected chi connectivity index (χ4v) is 3.76. The average molecular weight is 390 g/mol. The highest BCUT2D eigenvalue weighted by Crippen LogP contribution is 2.21. The van der Waals surface area contributed by atoms with Crippen molar-refractivity contribution < 1.29 is 4.79 Å². The Bertz CT molecular complexity index is 1070. The van der Waals surface area contributed by atoms with Gasteiger partial charge in [-0.1, -0.05) is 37.3 Å². The van der Waals surface area contributed by atoms with Crippen molar-refractivity contribution in [2.24, 2.45) is 0 Å². The number of aromatic nitrogens is 2. The molecule has 2 aromatic carbocycles. The molecule has 29 heavy (non-hydrogen) atoms. The summed E-state index contributed by atoms with van der Waals surface area (Å²) in [5.41, 5.74) is 2.10. The number of carbonyl (C=O) groups is 1. The molecule has 1 N–H and O–H groups in total. The van der Waals surface area contributed by atoms with Crippen LogP contribution in [0.25, 0.3) is 10.9 Å². The first-order chi connectivity index (χ1) is 14.2. The molecule has 1 aliphatic heterocycles. The molecule has 0 aliphatic carbocycles. The van der Waals surface area contributed by atoms with Crippen molar-refractivity contribution in [3.63, 3.8) is 0 Å². The van der Waals surface area contributed by atoms with E-state index in [2.05, 4.69) is 10.2 Å². The predicted molar refractivity (Wildman–Crippen MR) is 116 cm³/mol. The molecule has 0 saturated carbocycles. The minimum Gasteiger partial charge on any atom is -0.352 e. The Hall–Kier alpha value is -3.15. The number of hydrogen-bond donors (Lipinski definition) is 1. The highest BCUT2D eigenvalue weighted by Gasteiger charge is 2.21. The van der Waals surface area contributed by atoms with Crippen molar-refractivity contribution in [3.8, 4) is 0 Å². The maximum absolute atomic E-state index is 13.4. The van der Waals surface area contributed by atoms with Crippen LogP contribution in [0, 0.1) is 0 Å². The Morgan fingerprint density at radius 1 is 1.10 bits per heavy atom. The Morgan fingerprint density at radius 2 is 1.86 bits per heavy atom. The third kappa shape index (κ3) is 4.01. The highest BCUT2D eigenvalue weighted by atomic mass is 16.1. The van der Waals surface area contributed by atoms with Crippen LogP contribution in [0.3, 0.4) is 0 Å². The molecule has 0 radical (unpaired) electrons. The Balaban J connectivity index is 1.81. The number of rotatable bonds is 6. The molecule has 1 aromatic heterocycles. The fourth-order valence-electron chi connectivity index (χ4n) is 3.76. The van der Waals surface area contributed by atoms with Gasteiger partial charge in [-0.25, -0.2) is 4.98 Å². The van der Waals surface area contributed by atoms with Crippen LogP contribution in [0.2, 0.25) is 0 Å². The van der Waals surface area contributed by atoms with Gasteiger partial charge in [0.1, 0.15) is 0 Å². The van der Waals surface area contributed by atoms with E-state index in [0.29, 0.717) is 35.5 Å². The molecule has 150 valence electrons. The fraction of sp³-hybridized carbons (Fsp3) is 0.348. The number of anilines is 1. The molecule has 1 amide bonds. The van der Waals surface area contributed by atoms with Gasteiger partial charge in [0, 0.05) is 25.2 Å². The van der Waals surface area contributed by atoms with Crippen LogP contribution in [0.1, 0.15) is 42.1 Å². The molecule has 1 fully saturated rings. The monoisotopic (exact) mass is 390 g/mol. The van der Waals surface area contributed by atoms with Crippen molar-refractivity contribution in [3.05, 3.63) is 70.0 Å². The summed E-state index contributed by atoms with van der Waals surface area (Å²) in [6.45, 7) is 4.90. The van der Waals surface area contributed by atoms with E-state index < -0.39 is 0 Å². The van der Waals surface area contributed by atoms with E-state index in [0.717, 1.165) is 37.9 Å². The number of fused-ring (bicyclic) bond motifs is 1. The van der Waals surface area contributed by atoms with E-state index in [9.17, 15) is 9.59 Å². The summed E-state index contributed by atoms with van der Waals surface area (Å²) in [4.78, 5) is 32.7. The van der Waals surface area contributed by atoms with E-state index in [4.69, 9.17) is 4.98 Å². The summed E-state index contributed by atoms with van der Waals surface area (Å²) in [7, 11) is 0. The zero-order valence-electron chi connectivity index (χ0n) is 16.7. The molecule has 2 heterocycles. The summed E-state index contributed by atoms with van der Waals surface area (Å²) in [6.07, 6.45) is 3.07. The van der Waals surface area contributed by atoms with Gasteiger partial charge < -0.3 is 10.2 Å². The van der Waals surface area contributed by atoms with Crippen LogP contribution in [0.5, 0.6) is 0 Å². The topological polar surface area (TPSA) is 67.2 Å². The lowest BCUT2D eigenvalue weighted by Gasteiger charge is -2.22. The van der Waals surface area contributed by atoms with Crippen LogP contribution in [-0.2, 0) is 6.54 Å². The number of hydrogen-bond acceptors (Lipinski definition) is 4. The van der Waals surface area contributed by atoms with Gasteiger partial charge in [0.2, 0.25) is 5.95 Å². The largest absolute Gasteiger partial charge is 0.352 e. The number of carbonyl (C=O) groups excluding carboxylic acids is 1. The molecule has 6 heteroatoms. The quantitative estimate of drug-likeness (QED) is 0.702. The van der Waals surface area contributed by atoms with Gasteiger partial charge >= 0.3 is 0 Å². The molecule has 0 atom stereocenters. The Kier molecular flexibility index (Phi) is 5.60. The zero-order chi connectivity index (χ0) is 20.2. The predicted octanol–water partition coefficient (Wildman–Crippen LogP) is 3.18. The minimum atomic E-state index is -0.133. The minimum absolute atomic E-state index is 0.0683. The van der Waals surface area contributed by atoms with Crippen LogP contribution >= 0.6 is 0 Å². The summed E-state index contributed by atoms with van der Waals surface area (Å²) < 4.78 is 1.76. The Morgan fingerprint density at radius 3 is 2.59 bits per heavy atom.